The zero-order valence-electron chi connectivity index (χ0n) is 20.3. The standard InChI is InChI=1S/C26H32N4O3S/c1-5-20-17(4)34-25-22(20)24(31)27-23(28-25)21(26(32)30-12-14-33-15-13-30)16-18-8-10-19(11-9-18)29(6-2)7-3/h8-11,16H,5-7,12-15H2,1-4H3,(H,27,28,31). The summed E-state index contributed by atoms with van der Waals surface area (Å²) in [7, 11) is 0. The van der Waals surface area contributed by atoms with Crippen LogP contribution in [0.3, 0.4) is 0 Å². The van der Waals surface area contributed by atoms with E-state index >= 15 is 0 Å². The molecule has 0 atom stereocenters. The summed E-state index contributed by atoms with van der Waals surface area (Å²) in [5, 5.41) is 0.635. The van der Waals surface area contributed by atoms with Crippen LogP contribution < -0.4 is 10.5 Å². The minimum atomic E-state index is -0.196. The molecule has 0 bridgehead atoms. The van der Waals surface area contributed by atoms with Gasteiger partial charge in [0, 0.05) is 36.7 Å². The monoisotopic (exact) mass is 480 g/mol. The van der Waals surface area contributed by atoms with Crippen molar-refractivity contribution in [3.63, 3.8) is 0 Å². The first kappa shape index (κ1) is 24.2. The van der Waals surface area contributed by atoms with Crippen LogP contribution in [0.1, 0.15) is 42.6 Å². The third kappa shape index (κ3) is 4.79. The summed E-state index contributed by atoms with van der Waals surface area (Å²) in [5.41, 5.74) is 3.24. The molecule has 0 spiro atoms. The molecule has 34 heavy (non-hydrogen) atoms. The van der Waals surface area contributed by atoms with Gasteiger partial charge in [-0.3, -0.25) is 9.59 Å². The molecule has 1 fully saturated rings. The van der Waals surface area contributed by atoms with E-state index in [1.165, 1.54) is 11.3 Å². The molecule has 1 aromatic carbocycles. The minimum absolute atomic E-state index is 0.150. The van der Waals surface area contributed by atoms with Crippen LogP contribution >= 0.6 is 11.3 Å². The van der Waals surface area contributed by atoms with Crippen molar-refractivity contribution in [2.75, 3.05) is 44.3 Å². The predicted molar refractivity (Wildman–Crippen MR) is 140 cm³/mol. The zero-order chi connectivity index (χ0) is 24.2. The van der Waals surface area contributed by atoms with Crippen LogP contribution in [0.4, 0.5) is 5.69 Å². The van der Waals surface area contributed by atoms with E-state index in [1.54, 1.807) is 4.90 Å². The molecule has 2 aromatic heterocycles. The molecule has 1 N–H and O–H groups in total. The maximum Gasteiger partial charge on any atom is 0.260 e. The Kier molecular flexibility index (Phi) is 7.48. The second-order valence-electron chi connectivity index (χ2n) is 8.31. The Labute approximate surface area is 204 Å². The third-order valence-electron chi connectivity index (χ3n) is 6.33. The van der Waals surface area contributed by atoms with Crippen LogP contribution in [0.2, 0.25) is 0 Å². The highest BCUT2D eigenvalue weighted by Gasteiger charge is 2.25. The minimum Gasteiger partial charge on any atom is -0.378 e. The van der Waals surface area contributed by atoms with Gasteiger partial charge in [-0.05, 0) is 56.5 Å². The van der Waals surface area contributed by atoms with Gasteiger partial charge in [-0.1, -0.05) is 19.1 Å². The van der Waals surface area contributed by atoms with E-state index in [0.29, 0.717) is 47.9 Å². The lowest BCUT2D eigenvalue weighted by molar-refractivity contribution is -0.128. The summed E-state index contributed by atoms with van der Waals surface area (Å²) < 4.78 is 5.43. The van der Waals surface area contributed by atoms with Crippen molar-refractivity contribution < 1.29 is 9.53 Å². The molecule has 180 valence electrons. The summed E-state index contributed by atoms with van der Waals surface area (Å²) in [6, 6.07) is 8.12. The smallest absolute Gasteiger partial charge is 0.260 e. The Morgan fingerprint density at radius 3 is 2.47 bits per heavy atom. The molecule has 1 aliphatic heterocycles. The number of amides is 1. The number of carbonyl (C=O) groups is 1. The molecule has 0 radical (unpaired) electrons. The van der Waals surface area contributed by atoms with Crippen LogP contribution in [0, 0.1) is 6.92 Å². The maximum absolute atomic E-state index is 13.6. The van der Waals surface area contributed by atoms with Crippen LogP contribution in [-0.4, -0.2) is 60.2 Å². The molecule has 7 nitrogen and oxygen atoms in total. The first-order chi connectivity index (χ1) is 16.5. The Balaban J connectivity index is 1.80. The highest BCUT2D eigenvalue weighted by molar-refractivity contribution is 7.18. The van der Waals surface area contributed by atoms with Crippen molar-refractivity contribution in [2.24, 2.45) is 0 Å². The van der Waals surface area contributed by atoms with E-state index in [0.717, 1.165) is 41.2 Å². The molecule has 0 saturated carbocycles. The number of morpholine rings is 1. The van der Waals surface area contributed by atoms with Gasteiger partial charge < -0.3 is 19.5 Å². The number of nitrogens with one attached hydrogen (secondary N) is 1. The molecule has 3 aromatic rings. The van der Waals surface area contributed by atoms with E-state index in [4.69, 9.17) is 9.72 Å². The summed E-state index contributed by atoms with van der Waals surface area (Å²) >= 11 is 1.50. The Morgan fingerprint density at radius 1 is 1.18 bits per heavy atom. The van der Waals surface area contributed by atoms with Crippen LogP contribution in [0.25, 0.3) is 21.9 Å². The molecule has 8 heteroatoms. The second kappa shape index (κ2) is 10.5. The quantitative estimate of drug-likeness (QED) is 0.515. The van der Waals surface area contributed by atoms with E-state index in [2.05, 4.69) is 35.9 Å². The van der Waals surface area contributed by atoms with Gasteiger partial charge in [0.15, 0.2) is 0 Å². The van der Waals surface area contributed by atoms with Crippen LogP contribution in [0.5, 0.6) is 0 Å². The van der Waals surface area contributed by atoms with Gasteiger partial charge in [-0.25, -0.2) is 4.98 Å². The number of fused-ring (bicyclic) bond motifs is 1. The number of H-pyrrole nitrogens is 1. The maximum atomic E-state index is 13.6. The Morgan fingerprint density at radius 2 is 1.85 bits per heavy atom. The summed E-state index contributed by atoms with van der Waals surface area (Å²) in [6.07, 6.45) is 2.60. The van der Waals surface area contributed by atoms with E-state index in [1.807, 2.05) is 32.1 Å². The fourth-order valence-electron chi connectivity index (χ4n) is 4.43. The third-order valence-corrected chi connectivity index (χ3v) is 7.37. The van der Waals surface area contributed by atoms with Gasteiger partial charge in [-0.15, -0.1) is 11.3 Å². The predicted octanol–water partition coefficient (Wildman–Crippen LogP) is 4.10. The summed E-state index contributed by atoms with van der Waals surface area (Å²) in [6.45, 7) is 12.2. The highest BCUT2D eigenvalue weighted by atomic mass is 32.1. The topological polar surface area (TPSA) is 78.5 Å². The number of carbonyl (C=O) groups excluding carboxylic acids is 1. The van der Waals surface area contributed by atoms with E-state index in [9.17, 15) is 9.59 Å². The average Bonchev–Trinajstić information content (AvgIpc) is 3.19. The van der Waals surface area contributed by atoms with Crippen molar-refractivity contribution in [1.29, 1.82) is 0 Å². The zero-order valence-corrected chi connectivity index (χ0v) is 21.1. The van der Waals surface area contributed by atoms with E-state index < -0.39 is 0 Å². The lowest BCUT2D eigenvalue weighted by Gasteiger charge is -2.27. The normalized spacial score (nSPS) is 14.6. The van der Waals surface area contributed by atoms with Crippen LogP contribution in [0.15, 0.2) is 29.1 Å². The SMILES string of the molecule is CCc1c(C)sc2nc(C(=Cc3ccc(N(CC)CC)cc3)C(=O)N3CCOCC3)[nH]c(=O)c12. The van der Waals surface area contributed by atoms with Gasteiger partial charge in [0.25, 0.3) is 11.5 Å². The first-order valence-electron chi connectivity index (χ1n) is 11.9. The van der Waals surface area contributed by atoms with Crippen LogP contribution in [-0.2, 0) is 16.0 Å². The number of ether oxygens (including phenoxy) is 1. The number of aryl methyl sites for hydroxylation is 2. The molecule has 3 heterocycles. The number of benzene rings is 1. The fraction of sp³-hybridized carbons (Fsp3) is 0.423. The summed E-state index contributed by atoms with van der Waals surface area (Å²) in [4.78, 5) is 40.1. The molecule has 0 aliphatic carbocycles. The number of hydrogen-bond donors (Lipinski definition) is 1. The number of aromatic nitrogens is 2. The van der Waals surface area contributed by atoms with Crippen molar-refractivity contribution >= 4 is 44.8 Å². The van der Waals surface area contributed by atoms with Gasteiger partial charge in [0.1, 0.15) is 10.7 Å². The number of nitrogens with zero attached hydrogens (tertiary/aromatic N) is 3. The second-order valence-corrected chi connectivity index (χ2v) is 9.51. The van der Waals surface area contributed by atoms with Gasteiger partial charge in [-0.2, -0.15) is 0 Å². The number of rotatable bonds is 7. The Bertz CT molecular complexity index is 1250. The molecule has 4 rings (SSSR count). The van der Waals surface area contributed by atoms with Gasteiger partial charge >= 0.3 is 0 Å². The lowest BCUT2D eigenvalue weighted by Crippen LogP contribution is -2.41. The van der Waals surface area contributed by atoms with E-state index in [-0.39, 0.29) is 11.5 Å². The number of anilines is 1. The number of hydrogen-bond acceptors (Lipinski definition) is 6. The lowest BCUT2D eigenvalue weighted by atomic mass is 10.1. The average molecular weight is 481 g/mol. The fourth-order valence-corrected chi connectivity index (χ4v) is 5.55. The van der Waals surface area contributed by atoms with Gasteiger partial charge in [0.05, 0.1) is 24.2 Å². The molecule has 1 aliphatic rings. The van der Waals surface area contributed by atoms with Gasteiger partial charge in [0.2, 0.25) is 0 Å². The number of thiophene rings is 1. The molecular formula is C26H32N4O3S. The van der Waals surface area contributed by atoms with Crippen molar-refractivity contribution in [2.45, 2.75) is 34.1 Å². The molecule has 0 unspecified atom stereocenters. The van der Waals surface area contributed by atoms with Crippen molar-refractivity contribution in [3.8, 4) is 0 Å². The van der Waals surface area contributed by atoms with Crippen molar-refractivity contribution in [3.05, 3.63) is 56.4 Å². The molecule has 1 amide bonds. The molecular weight excluding hydrogens is 448 g/mol. The Hall–Kier alpha value is -2.97. The van der Waals surface area contributed by atoms with Crippen molar-refractivity contribution in [1.82, 2.24) is 14.9 Å². The number of aromatic amines is 1. The summed E-state index contributed by atoms with van der Waals surface area (Å²) in [5.74, 6) is 0.160. The first-order valence-corrected chi connectivity index (χ1v) is 12.7. The molecule has 1 saturated heterocycles. The highest BCUT2D eigenvalue weighted by Crippen LogP contribution is 2.29. The largest absolute Gasteiger partial charge is 0.378 e.